The number of carbonyl (C=O) groups is 3. The smallest absolute Gasteiger partial charge is 0.246 e. The molecule has 38 heavy (non-hydrogen) atoms. The number of hydrogen-bond donors (Lipinski definition) is 5. The van der Waals surface area contributed by atoms with Crippen molar-refractivity contribution < 1.29 is 14.4 Å². The summed E-state index contributed by atoms with van der Waals surface area (Å²) in [5.74, 6) is -1.06. The van der Waals surface area contributed by atoms with Crippen LogP contribution in [0, 0.1) is 0 Å². The molecule has 3 atom stereocenters. The number of aryl methyl sites for hydroxylation is 1. The molecule has 0 spiro atoms. The third kappa shape index (κ3) is 12.3. The number of para-hydroxylation sites is 1. The SMILES string of the molecule is C[C@@H](N)C(=O)N[C@@H](CCc1ccccc1)C(=O)NC(CCCCCCCCCN)C(=O)Nc1ccccc1. The fraction of sp³-hybridized carbons (Fsp3) is 0.500. The summed E-state index contributed by atoms with van der Waals surface area (Å²) in [4.78, 5) is 38.9. The van der Waals surface area contributed by atoms with Gasteiger partial charge in [-0.05, 0) is 56.8 Å². The van der Waals surface area contributed by atoms with Crippen molar-refractivity contribution >= 4 is 23.4 Å². The Balaban J connectivity index is 2.03. The van der Waals surface area contributed by atoms with E-state index in [9.17, 15) is 14.4 Å². The van der Waals surface area contributed by atoms with E-state index in [0.29, 0.717) is 24.9 Å². The zero-order valence-electron chi connectivity index (χ0n) is 22.7. The molecular weight excluding hydrogens is 478 g/mol. The van der Waals surface area contributed by atoms with Gasteiger partial charge in [0.05, 0.1) is 6.04 Å². The zero-order chi connectivity index (χ0) is 27.6. The van der Waals surface area contributed by atoms with E-state index >= 15 is 0 Å². The Morgan fingerprint density at radius 3 is 1.82 bits per heavy atom. The topological polar surface area (TPSA) is 139 Å². The lowest BCUT2D eigenvalue weighted by molar-refractivity contribution is -0.131. The number of unbranched alkanes of at least 4 members (excludes halogenated alkanes) is 6. The van der Waals surface area contributed by atoms with Gasteiger partial charge in [-0.15, -0.1) is 0 Å². The maximum absolute atomic E-state index is 13.4. The highest BCUT2D eigenvalue weighted by molar-refractivity contribution is 5.98. The third-order valence-electron chi connectivity index (χ3n) is 6.48. The molecule has 0 radical (unpaired) electrons. The molecule has 2 aromatic rings. The van der Waals surface area contributed by atoms with E-state index in [1.165, 1.54) is 0 Å². The van der Waals surface area contributed by atoms with E-state index in [-0.39, 0.29) is 11.8 Å². The zero-order valence-corrected chi connectivity index (χ0v) is 22.7. The summed E-state index contributed by atoms with van der Waals surface area (Å²) in [6, 6.07) is 16.7. The molecule has 0 heterocycles. The van der Waals surface area contributed by atoms with Crippen molar-refractivity contribution in [3.05, 3.63) is 66.2 Å². The highest BCUT2D eigenvalue weighted by Gasteiger charge is 2.27. The van der Waals surface area contributed by atoms with E-state index in [1.54, 1.807) is 6.92 Å². The van der Waals surface area contributed by atoms with Gasteiger partial charge in [0.25, 0.3) is 0 Å². The van der Waals surface area contributed by atoms with Crippen LogP contribution in [0.1, 0.15) is 70.3 Å². The summed E-state index contributed by atoms with van der Waals surface area (Å²) in [6.45, 7) is 2.31. The Bertz CT molecular complexity index is 953. The van der Waals surface area contributed by atoms with Crippen molar-refractivity contribution in [2.75, 3.05) is 11.9 Å². The lowest BCUT2D eigenvalue weighted by Gasteiger charge is -2.24. The van der Waals surface area contributed by atoms with Gasteiger partial charge in [-0.1, -0.05) is 87.1 Å². The molecule has 8 heteroatoms. The van der Waals surface area contributed by atoms with Gasteiger partial charge in [0, 0.05) is 5.69 Å². The largest absolute Gasteiger partial charge is 0.343 e. The van der Waals surface area contributed by atoms with Crippen LogP contribution in [0.3, 0.4) is 0 Å². The summed E-state index contributed by atoms with van der Waals surface area (Å²) in [7, 11) is 0. The molecule has 0 saturated carbocycles. The minimum Gasteiger partial charge on any atom is -0.343 e. The maximum atomic E-state index is 13.4. The van der Waals surface area contributed by atoms with E-state index in [0.717, 1.165) is 57.1 Å². The molecular formula is C30H45N5O3. The first-order valence-electron chi connectivity index (χ1n) is 13.9. The summed E-state index contributed by atoms with van der Waals surface area (Å²) in [5, 5.41) is 8.59. The van der Waals surface area contributed by atoms with Crippen molar-refractivity contribution in [3.63, 3.8) is 0 Å². The average Bonchev–Trinajstić information content (AvgIpc) is 2.92. The lowest BCUT2D eigenvalue weighted by atomic mass is 10.0. The van der Waals surface area contributed by atoms with Crippen LogP contribution < -0.4 is 27.4 Å². The monoisotopic (exact) mass is 523 g/mol. The van der Waals surface area contributed by atoms with E-state index in [4.69, 9.17) is 11.5 Å². The van der Waals surface area contributed by atoms with Crippen LogP contribution in [0.15, 0.2) is 60.7 Å². The number of nitrogens with one attached hydrogen (secondary N) is 3. The standard InChI is InChI=1S/C30H45N5O3/c1-23(32)28(36)34-27(21-20-24-15-9-7-10-16-24)30(38)35-26(19-13-5-3-2-4-6-14-22-31)29(37)33-25-17-11-8-12-18-25/h7-12,15-18,23,26-27H,2-6,13-14,19-22,31-32H2,1H3,(H,33,37)(H,34,36)(H,35,38)/t23-,26?,27+/m1/s1. The molecule has 8 nitrogen and oxygen atoms in total. The molecule has 0 bridgehead atoms. The van der Waals surface area contributed by atoms with Crippen LogP contribution in [-0.2, 0) is 20.8 Å². The quantitative estimate of drug-likeness (QED) is 0.190. The van der Waals surface area contributed by atoms with E-state index < -0.39 is 24.0 Å². The fourth-order valence-electron chi connectivity index (χ4n) is 4.20. The van der Waals surface area contributed by atoms with Crippen molar-refractivity contribution in [1.82, 2.24) is 10.6 Å². The molecule has 2 rings (SSSR count). The van der Waals surface area contributed by atoms with Crippen LogP contribution >= 0.6 is 0 Å². The number of rotatable bonds is 18. The first-order chi connectivity index (χ1) is 18.4. The Morgan fingerprint density at radius 2 is 1.21 bits per heavy atom. The molecule has 0 aromatic heterocycles. The fourth-order valence-corrected chi connectivity index (χ4v) is 4.20. The Kier molecular flexibility index (Phi) is 14.8. The minimum absolute atomic E-state index is 0.271. The summed E-state index contributed by atoms with van der Waals surface area (Å²) < 4.78 is 0. The Morgan fingerprint density at radius 1 is 0.684 bits per heavy atom. The first kappa shape index (κ1) is 31.0. The molecule has 7 N–H and O–H groups in total. The second-order valence-corrected chi connectivity index (χ2v) is 9.84. The van der Waals surface area contributed by atoms with Crippen LogP contribution in [0.4, 0.5) is 5.69 Å². The predicted molar refractivity (Wildman–Crippen MR) is 153 cm³/mol. The van der Waals surface area contributed by atoms with Crippen LogP contribution in [0.25, 0.3) is 0 Å². The van der Waals surface area contributed by atoms with Gasteiger partial charge >= 0.3 is 0 Å². The van der Waals surface area contributed by atoms with Gasteiger partial charge in [-0.25, -0.2) is 0 Å². The Labute approximate surface area is 227 Å². The van der Waals surface area contributed by atoms with Crippen molar-refractivity contribution in [1.29, 1.82) is 0 Å². The van der Waals surface area contributed by atoms with Crippen LogP contribution in [0.2, 0.25) is 0 Å². The molecule has 2 aromatic carbocycles. The van der Waals surface area contributed by atoms with Gasteiger partial charge in [-0.3, -0.25) is 14.4 Å². The van der Waals surface area contributed by atoms with Gasteiger partial charge < -0.3 is 27.4 Å². The average molecular weight is 524 g/mol. The summed E-state index contributed by atoms with van der Waals surface area (Å²) in [6.07, 6.45) is 8.87. The molecule has 0 aliphatic heterocycles. The number of amides is 3. The predicted octanol–water partition coefficient (Wildman–Crippen LogP) is 3.65. The first-order valence-corrected chi connectivity index (χ1v) is 13.9. The van der Waals surface area contributed by atoms with E-state index in [2.05, 4.69) is 16.0 Å². The van der Waals surface area contributed by atoms with Crippen molar-refractivity contribution in [3.8, 4) is 0 Å². The van der Waals surface area contributed by atoms with Gasteiger partial charge in [0.1, 0.15) is 12.1 Å². The van der Waals surface area contributed by atoms with Crippen LogP contribution in [0.5, 0.6) is 0 Å². The van der Waals surface area contributed by atoms with Crippen molar-refractivity contribution in [2.45, 2.75) is 89.3 Å². The number of nitrogens with two attached hydrogens (primary N) is 2. The highest BCUT2D eigenvalue weighted by Crippen LogP contribution is 2.13. The van der Waals surface area contributed by atoms with Gasteiger partial charge in [0.15, 0.2) is 0 Å². The van der Waals surface area contributed by atoms with Crippen LogP contribution in [-0.4, -0.2) is 42.4 Å². The molecule has 0 aliphatic rings. The van der Waals surface area contributed by atoms with Gasteiger partial charge in [-0.2, -0.15) is 0 Å². The summed E-state index contributed by atoms with van der Waals surface area (Å²) in [5.41, 5.74) is 13.0. The molecule has 1 unspecified atom stereocenters. The normalized spacial score (nSPS) is 13.2. The van der Waals surface area contributed by atoms with Crippen molar-refractivity contribution in [2.24, 2.45) is 11.5 Å². The maximum Gasteiger partial charge on any atom is 0.246 e. The second kappa shape index (κ2) is 18.1. The number of anilines is 1. The Hall–Kier alpha value is -3.23. The molecule has 0 fully saturated rings. The molecule has 0 aliphatic carbocycles. The lowest BCUT2D eigenvalue weighted by Crippen LogP contribution is -2.54. The highest BCUT2D eigenvalue weighted by atomic mass is 16.2. The molecule has 3 amide bonds. The number of hydrogen-bond acceptors (Lipinski definition) is 5. The van der Waals surface area contributed by atoms with E-state index in [1.807, 2.05) is 60.7 Å². The van der Waals surface area contributed by atoms with Gasteiger partial charge in [0.2, 0.25) is 17.7 Å². The minimum atomic E-state index is -0.803. The summed E-state index contributed by atoms with van der Waals surface area (Å²) >= 11 is 0. The number of benzene rings is 2. The molecule has 208 valence electrons. The second-order valence-electron chi connectivity index (χ2n) is 9.84. The molecule has 0 saturated heterocycles. The number of carbonyl (C=O) groups excluding carboxylic acids is 3. The third-order valence-corrected chi connectivity index (χ3v) is 6.48.